The summed E-state index contributed by atoms with van der Waals surface area (Å²) in [6, 6.07) is 22.4. The monoisotopic (exact) mass is 568 g/mol. The number of ether oxygens (including phenoxy) is 2. The number of carbonyl (C=O) groups excluding carboxylic acids is 2. The van der Waals surface area contributed by atoms with Crippen LogP contribution in [0.2, 0.25) is 0 Å². The topological polar surface area (TPSA) is 122 Å². The fraction of sp³-hybridized carbons (Fsp3) is 0.161. The standard InChI is InChI=1S/C31H27N3O6S/c1-3-39-23-14-12-21(13-15-23)28-27(29(37)33-22-9-5-4-6-10-22)19(2)32-31-34(28)30(38)25(41-31)17-20-8-7-11-24(16-20)40-18-26(35)36/h4-17,28H,3,18H2,1-2H3,(H,33,37)(H,35,36)/p-1/b25-17-/t28-/m0/s1. The third kappa shape index (κ3) is 6.12. The van der Waals surface area contributed by atoms with Crippen molar-refractivity contribution in [2.75, 3.05) is 18.5 Å². The second-order valence-electron chi connectivity index (χ2n) is 9.14. The van der Waals surface area contributed by atoms with Crippen molar-refractivity contribution in [3.8, 4) is 11.5 Å². The van der Waals surface area contributed by atoms with Gasteiger partial charge in [-0.2, -0.15) is 0 Å². The van der Waals surface area contributed by atoms with E-state index in [1.165, 1.54) is 15.9 Å². The molecule has 208 valence electrons. The Morgan fingerprint density at radius 1 is 1.02 bits per heavy atom. The molecule has 0 fully saturated rings. The number of carboxylic acids is 1. The summed E-state index contributed by atoms with van der Waals surface area (Å²) in [5.41, 5.74) is 2.54. The number of fused-ring (bicyclic) bond motifs is 1. The van der Waals surface area contributed by atoms with Gasteiger partial charge in [0.15, 0.2) is 4.80 Å². The number of nitrogens with one attached hydrogen (secondary N) is 1. The van der Waals surface area contributed by atoms with Crippen LogP contribution in [-0.2, 0) is 9.59 Å². The molecule has 0 radical (unpaired) electrons. The lowest BCUT2D eigenvalue weighted by Gasteiger charge is -2.25. The zero-order valence-electron chi connectivity index (χ0n) is 22.3. The number of carboxylic acid groups (broad SMARTS) is 1. The molecule has 0 aliphatic carbocycles. The van der Waals surface area contributed by atoms with E-state index in [-0.39, 0.29) is 11.5 Å². The third-order valence-corrected chi connectivity index (χ3v) is 7.30. The lowest BCUT2D eigenvalue weighted by molar-refractivity contribution is -0.307. The zero-order chi connectivity index (χ0) is 28.9. The van der Waals surface area contributed by atoms with Crippen molar-refractivity contribution in [1.82, 2.24) is 4.57 Å². The first kappa shape index (κ1) is 27.6. The molecule has 3 aromatic carbocycles. The zero-order valence-corrected chi connectivity index (χ0v) is 23.1. The number of para-hydroxylation sites is 1. The van der Waals surface area contributed by atoms with Crippen LogP contribution in [0.4, 0.5) is 5.69 Å². The molecule has 2 heterocycles. The predicted molar refractivity (Wildman–Crippen MR) is 153 cm³/mol. The number of allylic oxidation sites excluding steroid dienone is 1. The average molecular weight is 569 g/mol. The van der Waals surface area contributed by atoms with Gasteiger partial charge in [0.2, 0.25) is 0 Å². The van der Waals surface area contributed by atoms with Crippen LogP contribution in [-0.4, -0.2) is 29.7 Å². The molecule has 1 aromatic heterocycles. The summed E-state index contributed by atoms with van der Waals surface area (Å²) in [5.74, 6) is -0.678. The van der Waals surface area contributed by atoms with E-state index in [1.807, 2.05) is 49.4 Å². The molecule has 0 saturated heterocycles. The predicted octanol–water partition coefficient (Wildman–Crippen LogP) is 2.40. The maximum Gasteiger partial charge on any atom is 0.271 e. The quantitative estimate of drug-likeness (QED) is 0.331. The van der Waals surface area contributed by atoms with Crippen LogP contribution in [0.1, 0.15) is 31.0 Å². The van der Waals surface area contributed by atoms with Crippen molar-refractivity contribution in [3.05, 3.63) is 121 Å². The Bertz CT molecular complexity index is 1810. The van der Waals surface area contributed by atoms with Crippen molar-refractivity contribution in [3.63, 3.8) is 0 Å². The number of hydrogen-bond acceptors (Lipinski definition) is 8. The van der Waals surface area contributed by atoms with Gasteiger partial charge in [0, 0.05) is 5.69 Å². The molecular weight excluding hydrogens is 542 g/mol. The first-order valence-electron chi connectivity index (χ1n) is 12.9. The molecule has 1 aliphatic heterocycles. The highest BCUT2D eigenvalue weighted by Crippen LogP contribution is 2.31. The van der Waals surface area contributed by atoms with Crippen molar-refractivity contribution < 1.29 is 24.2 Å². The summed E-state index contributed by atoms with van der Waals surface area (Å²) in [7, 11) is 0. The van der Waals surface area contributed by atoms with E-state index < -0.39 is 18.6 Å². The minimum atomic E-state index is -1.33. The number of aliphatic carboxylic acids is 1. The lowest BCUT2D eigenvalue weighted by Crippen LogP contribution is -2.40. The summed E-state index contributed by atoms with van der Waals surface area (Å²) >= 11 is 1.20. The van der Waals surface area contributed by atoms with Crippen LogP contribution in [0, 0.1) is 0 Å². The van der Waals surface area contributed by atoms with E-state index in [9.17, 15) is 19.5 Å². The summed E-state index contributed by atoms with van der Waals surface area (Å²) in [6.45, 7) is 3.59. The Morgan fingerprint density at radius 3 is 2.49 bits per heavy atom. The van der Waals surface area contributed by atoms with Gasteiger partial charge in [-0.3, -0.25) is 14.2 Å². The first-order chi connectivity index (χ1) is 19.8. The summed E-state index contributed by atoms with van der Waals surface area (Å²) in [6.07, 6.45) is 1.69. The van der Waals surface area contributed by atoms with Gasteiger partial charge in [-0.1, -0.05) is 53.8 Å². The highest BCUT2D eigenvalue weighted by Gasteiger charge is 2.32. The maximum atomic E-state index is 13.9. The fourth-order valence-electron chi connectivity index (χ4n) is 4.55. The van der Waals surface area contributed by atoms with Crippen molar-refractivity contribution in [1.29, 1.82) is 0 Å². The molecular formula is C31H26N3O6S-. The van der Waals surface area contributed by atoms with Gasteiger partial charge >= 0.3 is 0 Å². The van der Waals surface area contributed by atoms with Crippen LogP contribution >= 0.6 is 11.3 Å². The van der Waals surface area contributed by atoms with E-state index in [4.69, 9.17) is 9.47 Å². The Kier molecular flexibility index (Phi) is 8.11. The Morgan fingerprint density at radius 2 is 1.78 bits per heavy atom. The molecule has 10 heteroatoms. The molecule has 0 unspecified atom stereocenters. The number of nitrogens with zero attached hydrogens (tertiary/aromatic N) is 2. The number of amides is 1. The van der Waals surface area contributed by atoms with Crippen LogP contribution in [0.5, 0.6) is 11.5 Å². The second-order valence-corrected chi connectivity index (χ2v) is 10.1. The summed E-state index contributed by atoms with van der Waals surface area (Å²) in [4.78, 5) is 43.4. The molecule has 4 aromatic rings. The van der Waals surface area contributed by atoms with Crippen LogP contribution in [0.3, 0.4) is 0 Å². The number of carbonyl (C=O) groups is 2. The van der Waals surface area contributed by atoms with E-state index in [2.05, 4.69) is 10.3 Å². The van der Waals surface area contributed by atoms with Crippen LogP contribution in [0.25, 0.3) is 6.08 Å². The third-order valence-electron chi connectivity index (χ3n) is 6.32. The van der Waals surface area contributed by atoms with Gasteiger partial charge in [-0.25, -0.2) is 4.99 Å². The minimum Gasteiger partial charge on any atom is -0.546 e. The van der Waals surface area contributed by atoms with Crippen LogP contribution < -0.4 is 34.8 Å². The fourth-order valence-corrected chi connectivity index (χ4v) is 5.59. The molecule has 41 heavy (non-hydrogen) atoms. The van der Waals surface area contributed by atoms with Gasteiger partial charge < -0.3 is 24.7 Å². The molecule has 1 atom stereocenters. The van der Waals surface area contributed by atoms with E-state index in [0.29, 0.717) is 50.0 Å². The van der Waals surface area contributed by atoms with Crippen LogP contribution in [0.15, 0.2) is 99.9 Å². The number of rotatable bonds is 9. The molecule has 1 N–H and O–H groups in total. The SMILES string of the molecule is CCOc1ccc([C@H]2C(C(=O)Nc3ccccc3)=C(C)N=c3s/c(=C\c4cccc(OCC(=O)[O-])c4)c(=O)n32)cc1. The molecule has 0 bridgehead atoms. The van der Waals surface area contributed by atoms with E-state index in [0.717, 1.165) is 5.56 Å². The van der Waals surface area contributed by atoms with Crippen molar-refractivity contribution in [2.45, 2.75) is 19.9 Å². The number of benzene rings is 3. The molecule has 9 nitrogen and oxygen atoms in total. The van der Waals surface area contributed by atoms with E-state index in [1.54, 1.807) is 49.4 Å². The Balaban J connectivity index is 1.60. The lowest BCUT2D eigenvalue weighted by atomic mass is 9.95. The Hall–Kier alpha value is -4.96. The van der Waals surface area contributed by atoms with Gasteiger partial charge in [0.05, 0.1) is 34.4 Å². The largest absolute Gasteiger partial charge is 0.546 e. The number of anilines is 1. The molecule has 0 spiro atoms. The highest BCUT2D eigenvalue weighted by atomic mass is 32.1. The highest BCUT2D eigenvalue weighted by molar-refractivity contribution is 7.07. The number of aromatic nitrogens is 1. The van der Waals surface area contributed by atoms with E-state index >= 15 is 0 Å². The van der Waals surface area contributed by atoms with Crippen molar-refractivity contribution in [2.24, 2.45) is 4.99 Å². The smallest absolute Gasteiger partial charge is 0.271 e. The summed E-state index contributed by atoms with van der Waals surface area (Å²) < 4.78 is 12.8. The first-order valence-corrected chi connectivity index (χ1v) is 13.7. The Labute approximate surface area is 239 Å². The summed E-state index contributed by atoms with van der Waals surface area (Å²) in [5, 5.41) is 13.7. The molecule has 1 aliphatic rings. The van der Waals surface area contributed by atoms with Gasteiger partial charge in [-0.15, -0.1) is 0 Å². The van der Waals surface area contributed by atoms with Gasteiger partial charge in [0.1, 0.15) is 18.1 Å². The molecule has 0 saturated carbocycles. The van der Waals surface area contributed by atoms with Crippen molar-refractivity contribution >= 4 is 35.0 Å². The van der Waals surface area contributed by atoms with Gasteiger partial charge in [0.25, 0.3) is 11.5 Å². The van der Waals surface area contributed by atoms with Gasteiger partial charge in [-0.05, 0) is 67.4 Å². The maximum absolute atomic E-state index is 13.9. The minimum absolute atomic E-state index is 0.314. The average Bonchev–Trinajstić information content (AvgIpc) is 3.26. The molecule has 5 rings (SSSR count). The molecule has 1 amide bonds. The number of thiazole rings is 1. The number of hydrogen-bond donors (Lipinski definition) is 1. The normalized spacial score (nSPS) is 14.7. The second kappa shape index (κ2) is 12.1.